The number of fused-ring (bicyclic) bond motifs is 1. The zero-order chi connectivity index (χ0) is 13.9. The minimum absolute atomic E-state index is 0.0183. The Morgan fingerprint density at radius 2 is 2.25 bits per heavy atom. The van der Waals surface area contributed by atoms with Gasteiger partial charge in [0.2, 0.25) is 0 Å². The number of para-hydroxylation sites is 1. The van der Waals surface area contributed by atoms with Gasteiger partial charge in [0.05, 0.1) is 6.04 Å². The molecule has 1 aromatic heterocycles. The third kappa shape index (κ3) is 2.52. The maximum atomic E-state index is 12.2. The standard InChI is InChI=1S/C15H17N3O2/c1-18-13(8-9-16-18)15(19)17-12-7-6-11-4-2-3-5-14(11)20-10-12/h2-5,8-9,12H,6-7,10H2,1H3,(H,17,19)/t12-/m0/s1. The highest BCUT2D eigenvalue weighted by Gasteiger charge is 2.20. The van der Waals surface area contributed by atoms with Crippen LogP contribution in [0.3, 0.4) is 0 Å². The molecular formula is C15H17N3O2. The SMILES string of the molecule is Cn1nccc1C(=O)N[C@H]1CCc2ccccc2OC1. The predicted molar refractivity (Wildman–Crippen MR) is 74.7 cm³/mol. The molecule has 1 atom stereocenters. The van der Waals surface area contributed by atoms with Gasteiger partial charge < -0.3 is 10.1 Å². The van der Waals surface area contributed by atoms with Crippen LogP contribution < -0.4 is 10.1 Å². The van der Waals surface area contributed by atoms with E-state index in [1.54, 1.807) is 24.0 Å². The van der Waals surface area contributed by atoms with Crippen molar-refractivity contribution in [3.63, 3.8) is 0 Å². The van der Waals surface area contributed by atoms with E-state index in [0.717, 1.165) is 18.6 Å². The molecule has 1 amide bonds. The lowest BCUT2D eigenvalue weighted by atomic mass is 10.1. The Balaban J connectivity index is 1.66. The maximum absolute atomic E-state index is 12.2. The van der Waals surface area contributed by atoms with E-state index in [1.807, 2.05) is 18.2 Å². The van der Waals surface area contributed by atoms with E-state index >= 15 is 0 Å². The average molecular weight is 271 g/mol. The first kappa shape index (κ1) is 12.7. The highest BCUT2D eigenvalue weighted by atomic mass is 16.5. The fourth-order valence-corrected chi connectivity index (χ4v) is 2.42. The van der Waals surface area contributed by atoms with E-state index < -0.39 is 0 Å². The number of amides is 1. The summed E-state index contributed by atoms with van der Waals surface area (Å²) in [6.45, 7) is 0.501. The normalized spacial score (nSPS) is 17.8. The molecule has 5 nitrogen and oxygen atoms in total. The van der Waals surface area contributed by atoms with Gasteiger partial charge >= 0.3 is 0 Å². The third-order valence-electron chi connectivity index (χ3n) is 3.56. The molecule has 0 radical (unpaired) electrons. The number of ether oxygens (including phenoxy) is 1. The summed E-state index contributed by atoms with van der Waals surface area (Å²) >= 11 is 0. The first-order valence-electron chi connectivity index (χ1n) is 6.73. The summed E-state index contributed by atoms with van der Waals surface area (Å²) in [6.07, 6.45) is 3.40. The molecule has 0 unspecified atom stereocenters. The van der Waals surface area contributed by atoms with Crippen LogP contribution in [0.5, 0.6) is 5.75 Å². The molecule has 104 valence electrons. The van der Waals surface area contributed by atoms with Crippen molar-refractivity contribution < 1.29 is 9.53 Å². The van der Waals surface area contributed by atoms with Gasteiger partial charge in [-0.1, -0.05) is 18.2 Å². The van der Waals surface area contributed by atoms with Gasteiger partial charge in [0.15, 0.2) is 0 Å². The fourth-order valence-electron chi connectivity index (χ4n) is 2.42. The van der Waals surface area contributed by atoms with Crippen molar-refractivity contribution in [2.24, 2.45) is 7.05 Å². The summed E-state index contributed by atoms with van der Waals surface area (Å²) in [6, 6.07) is 9.75. The summed E-state index contributed by atoms with van der Waals surface area (Å²) < 4.78 is 7.34. The molecule has 0 spiro atoms. The Kier molecular flexibility index (Phi) is 3.41. The Labute approximate surface area is 117 Å². The van der Waals surface area contributed by atoms with Crippen molar-refractivity contribution in [1.82, 2.24) is 15.1 Å². The molecule has 1 N–H and O–H groups in total. The Hall–Kier alpha value is -2.30. The van der Waals surface area contributed by atoms with E-state index in [4.69, 9.17) is 4.74 Å². The highest BCUT2D eigenvalue weighted by Crippen LogP contribution is 2.23. The van der Waals surface area contributed by atoms with Crippen LogP contribution in [-0.2, 0) is 13.5 Å². The number of rotatable bonds is 2. The number of benzene rings is 1. The largest absolute Gasteiger partial charge is 0.491 e. The number of carbonyl (C=O) groups is 1. The maximum Gasteiger partial charge on any atom is 0.269 e. The third-order valence-corrected chi connectivity index (χ3v) is 3.56. The van der Waals surface area contributed by atoms with Crippen molar-refractivity contribution in [3.05, 3.63) is 47.8 Å². The minimum Gasteiger partial charge on any atom is -0.491 e. The first-order chi connectivity index (χ1) is 9.74. The van der Waals surface area contributed by atoms with E-state index in [2.05, 4.69) is 16.5 Å². The van der Waals surface area contributed by atoms with E-state index in [1.165, 1.54) is 5.56 Å². The molecule has 0 saturated carbocycles. The second-order valence-corrected chi connectivity index (χ2v) is 4.97. The Morgan fingerprint density at radius 3 is 3.05 bits per heavy atom. The number of aryl methyl sites for hydroxylation is 2. The van der Waals surface area contributed by atoms with Gasteiger partial charge in [-0.3, -0.25) is 9.48 Å². The van der Waals surface area contributed by atoms with E-state index in [0.29, 0.717) is 12.3 Å². The second-order valence-electron chi connectivity index (χ2n) is 4.97. The monoisotopic (exact) mass is 271 g/mol. The number of nitrogens with one attached hydrogen (secondary N) is 1. The zero-order valence-electron chi connectivity index (χ0n) is 11.4. The molecule has 0 aliphatic carbocycles. The lowest BCUT2D eigenvalue weighted by Crippen LogP contribution is -2.39. The first-order valence-corrected chi connectivity index (χ1v) is 6.73. The number of carbonyl (C=O) groups excluding carboxylic acids is 1. The number of hydrogen-bond acceptors (Lipinski definition) is 3. The minimum atomic E-state index is -0.107. The summed E-state index contributed by atoms with van der Waals surface area (Å²) in [5.41, 5.74) is 1.76. The number of aromatic nitrogens is 2. The number of nitrogens with zero attached hydrogens (tertiary/aromatic N) is 2. The van der Waals surface area contributed by atoms with Crippen LogP contribution in [0.2, 0.25) is 0 Å². The molecule has 1 aromatic carbocycles. The van der Waals surface area contributed by atoms with Gasteiger partial charge in [-0.05, 0) is 30.5 Å². The lowest BCUT2D eigenvalue weighted by molar-refractivity contribution is 0.0912. The number of hydrogen-bond donors (Lipinski definition) is 1. The smallest absolute Gasteiger partial charge is 0.269 e. The second kappa shape index (κ2) is 5.36. The van der Waals surface area contributed by atoms with Gasteiger partial charge in [-0.15, -0.1) is 0 Å². The van der Waals surface area contributed by atoms with E-state index in [9.17, 15) is 4.79 Å². The molecule has 0 saturated heterocycles. The Morgan fingerprint density at radius 1 is 1.40 bits per heavy atom. The molecule has 2 heterocycles. The van der Waals surface area contributed by atoms with Crippen LogP contribution >= 0.6 is 0 Å². The predicted octanol–water partition coefficient (Wildman–Crippen LogP) is 1.54. The average Bonchev–Trinajstić information content (AvgIpc) is 2.78. The van der Waals surface area contributed by atoms with Crippen molar-refractivity contribution in [2.75, 3.05) is 6.61 Å². The highest BCUT2D eigenvalue weighted by molar-refractivity contribution is 5.92. The van der Waals surface area contributed by atoms with Crippen LogP contribution in [0, 0.1) is 0 Å². The molecule has 1 aliphatic rings. The van der Waals surface area contributed by atoms with Crippen molar-refractivity contribution in [2.45, 2.75) is 18.9 Å². The van der Waals surface area contributed by atoms with E-state index in [-0.39, 0.29) is 11.9 Å². The lowest BCUT2D eigenvalue weighted by Gasteiger charge is -2.16. The molecule has 0 fully saturated rings. The van der Waals surface area contributed by atoms with Crippen molar-refractivity contribution >= 4 is 5.91 Å². The summed E-state index contributed by atoms with van der Waals surface area (Å²) in [5, 5.41) is 7.02. The molecular weight excluding hydrogens is 254 g/mol. The van der Waals surface area contributed by atoms with Crippen LogP contribution in [-0.4, -0.2) is 28.3 Å². The van der Waals surface area contributed by atoms with Crippen LogP contribution in [0.4, 0.5) is 0 Å². The van der Waals surface area contributed by atoms with Gasteiger partial charge in [-0.25, -0.2) is 0 Å². The van der Waals surface area contributed by atoms with Gasteiger partial charge in [0, 0.05) is 13.2 Å². The summed E-state index contributed by atoms with van der Waals surface area (Å²) in [4.78, 5) is 12.2. The summed E-state index contributed by atoms with van der Waals surface area (Å²) in [7, 11) is 1.76. The zero-order valence-corrected chi connectivity index (χ0v) is 11.4. The molecule has 0 bridgehead atoms. The topological polar surface area (TPSA) is 56.2 Å². The molecule has 1 aliphatic heterocycles. The van der Waals surface area contributed by atoms with Crippen LogP contribution in [0.1, 0.15) is 22.5 Å². The molecule has 5 heteroatoms. The van der Waals surface area contributed by atoms with Gasteiger partial charge in [0.1, 0.15) is 18.1 Å². The quantitative estimate of drug-likeness (QED) is 0.901. The molecule has 20 heavy (non-hydrogen) atoms. The molecule has 2 aromatic rings. The van der Waals surface area contributed by atoms with Crippen LogP contribution in [0.25, 0.3) is 0 Å². The van der Waals surface area contributed by atoms with Crippen molar-refractivity contribution in [3.8, 4) is 5.75 Å². The fraction of sp³-hybridized carbons (Fsp3) is 0.333. The van der Waals surface area contributed by atoms with Gasteiger partial charge in [0.25, 0.3) is 5.91 Å². The van der Waals surface area contributed by atoms with Gasteiger partial charge in [-0.2, -0.15) is 5.10 Å². The van der Waals surface area contributed by atoms with Crippen molar-refractivity contribution in [1.29, 1.82) is 0 Å². The summed E-state index contributed by atoms with van der Waals surface area (Å²) in [5.74, 6) is 0.814. The molecule has 3 rings (SSSR count). The van der Waals surface area contributed by atoms with Crippen LogP contribution in [0.15, 0.2) is 36.5 Å². The Bertz CT molecular complexity index is 594.